The summed E-state index contributed by atoms with van der Waals surface area (Å²) in [5, 5.41) is 0.588. The highest BCUT2D eigenvalue weighted by Gasteiger charge is 2.10. The fourth-order valence-corrected chi connectivity index (χ4v) is 2.22. The molecule has 1 aromatic heterocycles. The second-order valence-corrected chi connectivity index (χ2v) is 4.58. The first-order valence-electron chi connectivity index (χ1n) is 6.89. The van der Waals surface area contributed by atoms with E-state index in [1.807, 2.05) is 32.0 Å². The Hall–Kier alpha value is -2.17. The Labute approximate surface area is 117 Å². The summed E-state index contributed by atoms with van der Waals surface area (Å²) in [6, 6.07) is 7.23. The maximum absolute atomic E-state index is 12.2. The van der Waals surface area contributed by atoms with Crippen molar-refractivity contribution in [3.05, 3.63) is 40.9 Å². The van der Waals surface area contributed by atoms with E-state index in [-0.39, 0.29) is 11.5 Å². The summed E-state index contributed by atoms with van der Waals surface area (Å²) in [5.41, 5.74) is 0.590. The van der Waals surface area contributed by atoms with Crippen LogP contribution >= 0.6 is 0 Å². The Kier molecular flexibility index (Phi) is 4.50. The molecule has 0 saturated heterocycles. The van der Waals surface area contributed by atoms with E-state index in [1.165, 1.54) is 10.9 Å². The average molecular weight is 273 g/mol. The standard InChI is InChI=1S/C15H19N3O2/c1-3-17(4-2)14(19)9-10-18-11-16-13-8-6-5-7-12(13)15(18)20/h5-8,11H,3-4,9-10H2,1-2H3. The number of hydrogen-bond acceptors (Lipinski definition) is 3. The van der Waals surface area contributed by atoms with Gasteiger partial charge in [-0.15, -0.1) is 0 Å². The van der Waals surface area contributed by atoms with Crippen molar-refractivity contribution < 1.29 is 4.79 Å². The predicted molar refractivity (Wildman–Crippen MR) is 78.5 cm³/mol. The summed E-state index contributed by atoms with van der Waals surface area (Å²) in [6.07, 6.45) is 1.84. The largest absolute Gasteiger partial charge is 0.343 e. The van der Waals surface area contributed by atoms with Crippen LogP contribution in [0.25, 0.3) is 10.9 Å². The highest BCUT2D eigenvalue weighted by molar-refractivity contribution is 5.77. The third kappa shape index (κ3) is 2.87. The molecule has 0 fully saturated rings. The first-order chi connectivity index (χ1) is 9.67. The summed E-state index contributed by atoms with van der Waals surface area (Å²) < 4.78 is 1.50. The van der Waals surface area contributed by atoms with Crippen LogP contribution in [-0.4, -0.2) is 33.4 Å². The Morgan fingerprint density at radius 1 is 1.25 bits per heavy atom. The van der Waals surface area contributed by atoms with E-state index in [0.29, 0.717) is 37.0 Å². The zero-order valence-corrected chi connectivity index (χ0v) is 11.9. The van der Waals surface area contributed by atoms with E-state index in [2.05, 4.69) is 4.98 Å². The van der Waals surface area contributed by atoms with Crippen molar-refractivity contribution in [2.75, 3.05) is 13.1 Å². The van der Waals surface area contributed by atoms with Crippen LogP contribution in [0.3, 0.4) is 0 Å². The lowest BCUT2D eigenvalue weighted by Gasteiger charge is -2.18. The molecule has 5 nitrogen and oxygen atoms in total. The molecule has 1 amide bonds. The molecule has 0 spiro atoms. The molecule has 0 N–H and O–H groups in total. The van der Waals surface area contributed by atoms with Crippen molar-refractivity contribution in [3.63, 3.8) is 0 Å². The van der Waals surface area contributed by atoms with E-state index in [1.54, 1.807) is 11.0 Å². The highest BCUT2D eigenvalue weighted by Crippen LogP contribution is 2.05. The Morgan fingerprint density at radius 2 is 1.95 bits per heavy atom. The van der Waals surface area contributed by atoms with Gasteiger partial charge in [0.05, 0.1) is 17.2 Å². The summed E-state index contributed by atoms with van der Waals surface area (Å²) in [4.78, 5) is 30.2. The van der Waals surface area contributed by atoms with E-state index in [0.717, 1.165) is 0 Å². The fraction of sp³-hybridized carbons (Fsp3) is 0.400. The van der Waals surface area contributed by atoms with E-state index in [4.69, 9.17) is 0 Å². The molecule has 0 saturated carbocycles. The average Bonchev–Trinajstić information content (AvgIpc) is 2.48. The number of hydrogen-bond donors (Lipinski definition) is 0. The molecule has 0 aliphatic carbocycles. The molecule has 0 atom stereocenters. The van der Waals surface area contributed by atoms with Gasteiger partial charge in [0.1, 0.15) is 0 Å². The molecule has 5 heteroatoms. The smallest absolute Gasteiger partial charge is 0.261 e. The minimum Gasteiger partial charge on any atom is -0.343 e. The molecule has 0 radical (unpaired) electrons. The molecule has 2 rings (SSSR count). The van der Waals surface area contributed by atoms with Crippen LogP contribution in [0.1, 0.15) is 20.3 Å². The molecular formula is C15H19N3O2. The van der Waals surface area contributed by atoms with Crippen LogP contribution < -0.4 is 5.56 Å². The monoisotopic (exact) mass is 273 g/mol. The van der Waals surface area contributed by atoms with Gasteiger partial charge in [-0.05, 0) is 26.0 Å². The number of rotatable bonds is 5. The van der Waals surface area contributed by atoms with Crippen LogP contribution in [0, 0.1) is 0 Å². The van der Waals surface area contributed by atoms with Gasteiger partial charge in [-0.1, -0.05) is 12.1 Å². The number of aryl methyl sites for hydroxylation is 1. The summed E-state index contributed by atoms with van der Waals surface area (Å²) in [5.74, 6) is 0.0649. The van der Waals surface area contributed by atoms with Gasteiger partial charge in [-0.2, -0.15) is 0 Å². The van der Waals surface area contributed by atoms with Crippen LogP contribution in [0.4, 0.5) is 0 Å². The highest BCUT2D eigenvalue weighted by atomic mass is 16.2. The first kappa shape index (κ1) is 14.2. The minimum atomic E-state index is -0.0945. The second kappa shape index (κ2) is 6.32. The van der Waals surface area contributed by atoms with Crippen molar-refractivity contribution in [1.29, 1.82) is 0 Å². The van der Waals surface area contributed by atoms with Crippen molar-refractivity contribution in [1.82, 2.24) is 14.5 Å². The summed E-state index contributed by atoms with van der Waals surface area (Å²) in [6.45, 7) is 5.66. The van der Waals surface area contributed by atoms with E-state index in [9.17, 15) is 9.59 Å². The normalized spacial score (nSPS) is 10.7. The molecule has 0 aliphatic rings. The number of aromatic nitrogens is 2. The van der Waals surface area contributed by atoms with E-state index < -0.39 is 0 Å². The van der Waals surface area contributed by atoms with Crippen molar-refractivity contribution >= 4 is 16.8 Å². The van der Waals surface area contributed by atoms with Crippen molar-refractivity contribution in [3.8, 4) is 0 Å². The molecule has 1 aromatic carbocycles. The van der Waals surface area contributed by atoms with E-state index >= 15 is 0 Å². The van der Waals surface area contributed by atoms with Gasteiger partial charge in [-0.3, -0.25) is 14.2 Å². The van der Waals surface area contributed by atoms with Gasteiger partial charge in [0.25, 0.3) is 5.56 Å². The lowest BCUT2D eigenvalue weighted by Crippen LogP contribution is -2.32. The molecule has 0 unspecified atom stereocenters. The number of nitrogens with zero attached hydrogens (tertiary/aromatic N) is 3. The number of para-hydroxylation sites is 1. The third-order valence-electron chi connectivity index (χ3n) is 3.41. The SMILES string of the molecule is CCN(CC)C(=O)CCn1cnc2ccccc2c1=O. The van der Waals surface area contributed by atoms with Gasteiger partial charge in [0.15, 0.2) is 0 Å². The van der Waals surface area contributed by atoms with Gasteiger partial charge < -0.3 is 4.90 Å². The number of carbonyl (C=O) groups is 1. The van der Waals surface area contributed by atoms with Crippen LogP contribution in [0.15, 0.2) is 35.4 Å². The molecular weight excluding hydrogens is 254 g/mol. The maximum Gasteiger partial charge on any atom is 0.261 e. The van der Waals surface area contributed by atoms with Gasteiger partial charge >= 0.3 is 0 Å². The van der Waals surface area contributed by atoms with Crippen LogP contribution in [0.5, 0.6) is 0 Å². The number of fused-ring (bicyclic) bond motifs is 1. The quantitative estimate of drug-likeness (QED) is 0.832. The van der Waals surface area contributed by atoms with Gasteiger partial charge in [0, 0.05) is 26.1 Å². The maximum atomic E-state index is 12.2. The summed E-state index contributed by atoms with van der Waals surface area (Å²) >= 11 is 0. The number of amides is 1. The summed E-state index contributed by atoms with van der Waals surface area (Å²) in [7, 11) is 0. The number of carbonyl (C=O) groups excluding carboxylic acids is 1. The molecule has 1 heterocycles. The predicted octanol–water partition coefficient (Wildman–Crippen LogP) is 1.66. The van der Waals surface area contributed by atoms with Crippen molar-refractivity contribution in [2.45, 2.75) is 26.8 Å². The molecule has 20 heavy (non-hydrogen) atoms. The van der Waals surface area contributed by atoms with Crippen molar-refractivity contribution in [2.24, 2.45) is 0 Å². The fourth-order valence-electron chi connectivity index (χ4n) is 2.22. The van der Waals surface area contributed by atoms with Gasteiger partial charge in [-0.25, -0.2) is 4.98 Å². The lowest BCUT2D eigenvalue weighted by atomic mass is 10.2. The minimum absolute atomic E-state index is 0.0649. The van der Waals surface area contributed by atoms with Gasteiger partial charge in [0.2, 0.25) is 5.91 Å². The Balaban J connectivity index is 2.17. The zero-order chi connectivity index (χ0) is 14.5. The second-order valence-electron chi connectivity index (χ2n) is 4.58. The van der Waals surface area contributed by atoms with Crippen LogP contribution in [-0.2, 0) is 11.3 Å². The third-order valence-corrected chi connectivity index (χ3v) is 3.41. The lowest BCUT2D eigenvalue weighted by molar-refractivity contribution is -0.131. The molecule has 106 valence electrons. The van der Waals surface area contributed by atoms with Crippen LogP contribution in [0.2, 0.25) is 0 Å². The Bertz CT molecular complexity index is 659. The number of benzene rings is 1. The zero-order valence-electron chi connectivity index (χ0n) is 11.9. The molecule has 2 aromatic rings. The topological polar surface area (TPSA) is 55.2 Å². The molecule has 0 bridgehead atoms. The Morgan fingerprint density at radius 3 is 2.65 bits per heavy atom. The molecule has 0 aliphatic heterocycles. The first-order valence-corrected chi connectivity index (χ1v) is 6.89.